The molecule has 0 aliphatic heterocycles. The summed E-state index contributed by atoms with van der Waals surface area (Å²) in [4.78, 5) is 37.7. The number of hydrogen-bond donors (Lipinski definition) is 0. The summed E-state index contributed by atoms with van der Waals surface area (Å²) in [5.74, 6) is -0.881. The lowest BCUT2D eigenvalue weighted by molar-refractivity contribution is -0.167. The first-order valence-electron chi connectivity index (χ1n) is 25.0. The summed E-state index contributed by atoms with van der Waals surface area (Å²) < 4.78 is 16.7. The van der Waals surface area contributed by atoms with Crippen LogP contribution in [0.4, 0.5) is 0 Å². The molecule has 0 spiro atoms. The Kier molecular flexibility index (Phi) is 45.4. The van der Waals surface area contributed by atoms with E-state index < -0.39 is 6.10 Å². The van der Waals surface area contributed by atoms with Crippen LogP contribution in [-0.2, 0) is 28.6 Å². The zero-order valence-electron chi connectivity index (χ0n) is 38.6. The summed E-state index contributed by atoms with van der Waals surface area (Å²) in [5.41, 5.74) is 0. The van der Waals surface area contributed by atoms with Gasteiger partial charge in [-0.1, -0.05) is 218 Å². The minimum Gasteiger partial charge on any atom is -0.462 e. The molecule has 0 bridgehead atoms. The fourth-order valence-electron chi connectivity index (χ4n) is 7.10. The molecule has 0 aliphatic carbocycles. The predicted octanol–water partition coefficient (Wildman–Crippen LogP) is 16.1. The molecule has 0 saturated carbocycles. The Hall–Kier alpha value is -2.37. The molecule has 6 nitrogen and oxygen atoms in total. The van der Waals surface area contributed by atoms with Gasteiger partial charge in [0.1, 0.15) is 13.2 Å². The second kappa shape index (κ2) is 47.3. The van der Waals surface area contributed by atoms with Crippen LogP contribution in [0.5, 0.6) is 0 Å². The standard InChI is InChI=1S/C52H94O6/c1-4-7-10-13-16-19-20-21-22-23-24-25-26-27-28-29-30-31-32-34-36-39-42-45-51(54)57-48-49(47-56-50(53)44-41-38-35-18-15-12-9-6-3)58-52(55)46-43-40-37-33-17-14-11-8-5-2/h20-21,23-24,26-27,49H,4-19,22,25,28-48H2,1-3H3/b21-20-,24-23-,27-26-. The second-order valence-electron chi connectivity index (χ2n) is 16.7. The smallest absolute Gasteiger partial charge is 0.306 e. The molecule has 1 unspecified atom stereocenters. The van der Waals surface area contributed by atoms with Crippen molar-refractivity contribution in [2.45, 2.75) is 264 Å². The number of rotatable bonds is 45. The van der Waals surface area contributed by atoms with Crippen molar-refractivity contribution in [1.82, 2.24) is 0 Å². The number of allylic oxidation sites excluding steroid dienone is 6. The minimum atomic E-state index is -0.767. The van der Waals surface area contributed by atoms with Gasteiger partial charge in [-0.3, -0.25) is 14.4 Å². The van der Waals surface area contributed by atoms with E-state index in [0.29, 0.717) is 19.3 Å². The molecule has 0 N–H and O–H groups in total. The molecule has 0 aromatic heterocycles. The van der Waals surface area contributed by atoms with Gasteiger partial charge in [-0.2, -0.15) is 0 Å². The molecule has 0 rings (SSSR count). The van der Waals surface area contributed by atoms with Gasteiger partial charge >= 0.3 is 17.9 Å². The third kappa shape index (κ3) is 44.7. The maximum atomic E-state index is 12.7. The molecule has 338 valence electrons. The first-order valence-corrected chi connectivity index (χ1v) is 25.0. The molecular weight excluding hydrogens is 721 g/mol. The molecule has 58 heavy (non-hydrogen) atoms. The van der Waals surface area contributed by atoms with Gasteiger partial charge in [-0.15, -0.1) is 0 Å². The van der Waals surface area contributed by atoms with Crippen LogP contribution in [0.1, 0.15) is 258 Å². The number of esters is 3. The third-order valence-electron chi connectivity index (χ3n) is 10.9. The Balaban J connectivity index is 4.16. The van der Waals surface area contributed by atoms with Gasteiger partial charge in [0.15, 0.2) is 6.10 Å². The van der Waals surface area contributed by atoms with Crippen molar-refractivity contribution in [1.29, 1.82) is 0 Å². The van der Waals surface area contributed by atoms with E-state index in [1.54, 1.807) is 0 Å². The van der Waals surface area contributed by atoms with Crippen molar-refractivity contribution in [3.63, 3.8) is 0 Å². The number of unbranched alkanes of at least 4 members (excludes halogenated alkanes) is 28. The fourth-order valence-corrected chi connectivity index (χ4v) is 7.10. The molecule has 0 aromatic carbocycles. The topological polar surface area (TPSA) is 78.9 Å². The van der Waals surface area contributed by atoms with Crippen LogP contribution >= 0.6 is 0 Å². The molecule has 0 heterocycles. The highest BCUT2D eigenvalue weighted by Gasteiger charge is 2.19. The second-order valence-corrected chi connectivity index (χ2v) is 16.7. The van der Waals surface area contributed by atoms with Crippen molar-refractivity contribution >= 4 is 17.9 Å². The van der Waals surface area contributed by atoms with Crippen LogP contribution in [0.25, 0.3) is 0 Å². The van der Waals surface area contributed by atoms with Crippen molar-refractivity contribution in [2.75, 3.05) is 13.2 Å². The summed E-state index contributed by atoms with van der Waals surface area (Å²) in [6.45, 7) is 6.58. The molecule has 0 saturated heterocycles. The first-order chi connectivity index (χ1) is 28.5. The van der Waals surface area contributed by atoms with E-state index in [0.717, 1.165) is 77.0 Å². The van der Waals surface area contributed by atoms with E-state index in [1.165, 1.54) is 141 Å². The van der Waals surface area contributed by atoms with Crippen LogP contribution in [-0.4, -0.2) is 37.2 Å². The van der Waals surface area contributed by atoms with Crippen LogP contribution < -0.4 is 0 Å². The predicted molar refractivity (Wildman–Crippen MR) is 247 cm³/mol. The van der Waals surface area contributed by atoms with E-state index in [4.69, 9.17) is 14.2 Å². The van der Waals surface area contributed by atoms with E-state index in [9.17, 15) is 14.4 Å². The van der Waals surface area contributed by atoms with Crippen molar-refractivity contribution in [2.24, 2.45) is 0 Å². The van der Waals surface area contributed by atoms with E-state index in [-0.39, 0.29) is 31.1 Å². The van der Waals surface area contributed by atoms with Crippen molar-refractivity contribution in [3.05, 3.63) is 36.5 Å². The van der Waals surface area contributed by atoms with Gasteiger partial charge in [0.25, 0.3) is 0 Å². The number of hydrogen-bond acceptors (Lipinski definition) is 6. The Morgan fingerprint density at radius 3 is 0.966 bits per heavy atom. The zero-order chi connectivity index (χ0) is 42.3. The third-order valence-corrected chi connectivity index (χ3v) is 10.9. The van der Waals surface area contributed by atoms with Crippen LogP contribution in [0.2, 0.25) is 0 Å². The Morgan fingerprint density at radius 1 is 0.345 bits per heavy atom. The van der Waals surface area contributed by atoms with Crippen LogP contribution in [0, 0.1) is 0 Å². The van der Waals surface area contributed by atoms with Gasteiger partial charge in [-0.25, -0.2) is 0 Å². The maximum Gasteiger partial charge on any atom is 0.306 e. The van der Waals surface area contributed by atoms with Gasteiger partial charge in [-0.05, 0) is 57.8 Å². The largest absolute Gasteiger partial charge is 0.462 e. The quantitative estimate of drug-likeness (QED) is 0.0264. The molecule has 1 atom stereocenters. The summed E-state index contributed by atoms with van der Waals surface area (Å²) in [7, 11) is 0. The maximum absolute atomic E-state index is 12.7. The summed E-state index contributed by atoms with van der Waals surface area (Å²) in [6, 6.07) is 0. The number of carbonyl (C=O) groups excluding carboxylic acids is 3. The average Bonchev–Trinajstić information content (AvgIpc) is 3.22. The molecule has 0 radical (unpaired) electrons. The van der Waals surface area contributed by atoms with Gasteiger partial charge in [0.2, 0.25) is 0 Å². The molecule has 0 aliphatic rings. The Bertz CT molecular complexity index is 984. The highest BCUT2D eigenvalue weighted by molar-refractivity contribution is 5.71. The lowest BCUT2D eigenvalue weighted by Crippen LogP contribution is -2.30. The lowest BCUT2D eigenvalue weighted by atomic mass is 10.1. The van der Waals surface area contributed by atoms with E-state index >= 15 is 0 Å². The number of carbonyl (C=O) groups is 3. The van der Waals surface area contributed by atoms with Gasteiger partial charge in [0, 0.05) is 19.3 Å². The molecule has 0 amide bonds. The molecular formula is C52H94O6. The monoisotopic (exact) mass is 815 g/mol. The van der Waals surface area contributed by atoms with Crippen molar-refractivity contribution in [3.8, 4) is 0 Å². The van der Waals surface area contributed by atoms with E-state index in [1.807, 2.05) is 0 Å². The van der Waals surface area contributed by atoms with Crippen LogP contribution in [0.15, 0.2) is 36.5 Å². The lowest BCUT2D eigenvalue weighted by Gasteiger charge is -2.18. The zero-order valence-corrected chi connectivity index (χ0v) is 38.6. The molecule has 0 fully saturated rings. The summed E-state index contributed by atoms with van der Waals surface area (Å²) >= 11 is 0. The molecule has 6 heteroatoms. The summed E-state index contributed by atoms with van der Waals surface area (Å²) in [5, 5.41) is 0. The van der Waals surface area contributed by atoms with Gasteiger partial charge in [0.05, 0.1) is 0 Å². The SMILES string of the molecule is CCCCCCC/C=C\C/C=C\C/C=C\CCCCCCCCCCC(=O)OCC(COC(=O)CCCCCCCCCC)OC(=O)CCCCCCCCCCC. The Morgan fingerprint density at radius 2 is 0.621 bits per heavy atom. The Labute approximate surface area is 359 Å². The highest BCUT2D eigenvalue weighted by Crippen LogP contribution is 2.15. The normalized spacial score (nSPS) is 12.3. The highest BCUT2D eigenvalue weighted by atomic mass is 16.6. The van der Waals surface area contributed by atoms with E-state index in [2.05, 4.69) is 57.2 Å². The minimum absolute atomic E-state index is 0.0717. The average molecular weight is 815 g/mol. The van der Waals surface area contributed by atoms with Gasteiger partial charge < -0.3 is 14.2 Å². The molecule has 0 aromatic rings. The van der Waals surface area contributed by atoms with Crippen LogP contribution in [0.3, 0.4) is 0 Å². The fraction of sp³-hybridized carbons (Fsp3) is 0.827. The number of ether oxygens (including phenoxy) is 3. The summed E-state index contributed by atoms with van der Waals surface area (Å²) in [6.07, 6.45) is 54.3. The first kappa shape index (κ1) is 55.6. The van der Waals surface area contributed by atoms with Crippen molar-refractivity contribution < 1.29 is 28.6 Å².